The molecule has 0 aliphatic carbocycles. The topological polar surface area (TPSA) is 101 Å². The summed E-state index contributed by atoms with van der Waals surface area (Å²) < 4.78 is 21.4. The van der Waals surface area contributed by atoms with Gasteiger partial charge in [-0.2, -0.15) is 0 Å². The molecule has 1 fully saturated rings. The Bertz CT molecular complexity index is 1350. The van der Waals surface area contributed by atoms with E-state index in [9.17, 15) is 14.0 Å². The quantitative estimate of drug-likeness (QED) is 0.457. The smallest absolute Gasteiger partial charge is 0.410 e. The average molecular weight is 460 g/mol. The highest BCUT2D eigenvalue weighted by Gasteiger charge is 2.19. The van der Waals surface area contributed by atoms with Crippen LogP contribution in [-0.4, -0.2) is 44.5 Å². The van der Waals surface area contributed by atoms with Gasteiger partial charge in [-0.3, -0.25) is 9.72 Å². The molecule has 9 nitrogen and oxygen atoms in total. The monoisotopic (exact) mass is 460 g/mol. The fourth-order valence-corrected chi connectivity index (χ4v) is 3.74. The lowest BCUT2D eigenvalue weighted by Crippen LogP contribution is -2.32. The van der Waals surface area contributed by atoms with Crippen molar-refractivity contribution in [3.05, 3.63) is 72.9 Å². The highest BCUT2D eigenvalue weighted by atomic mass is 19.1. The van der Waals surface area contributed by atoms with Crippen LogP contribution in [0.1, 0.15) is 12.8 Å². The van der Waals surface area contributed by atoms with E-state index in [4.69, 9.17) is 4.74 Å². The first kappa shape index (κ1) is 21.4. The summed E-state index contributed by atoms with van der Waals surface area (Å²) in [4.78, 5) is 34.8. The molecule has 0 unspecified atom stereocenters. The van der Waals surface area contributed by atoms with E-state index >= 15 is 0 Å². The normalized spacial score (nSPS) is 13.1. The Morgan fingerprint density at radius 2 is 1.76 bits per heavy atom. The molecular weight excluding hydrogens is 439 g/mol. The zero-order valence-electron chi connectivity index (χ0n) is 18.1. The van der Waals surface area contributed by atoms with E-state index in [1.54, 1.807) is 52.0 Å². The number of urea groups is 1. The number of carbonyl (C=O) groups is 2. The molecule has 34 heavy (non-hydrogen) atoms. The summed E-state index contributed by atoms with van der Waals surface area (Å²) in [6, 6.07) is 12.8. The van der Waals surface area contributed by atoms with Crippen molar-refractivity contribution < 1.29 is 18.7 Å². The Labute approximate surface area is 194 Å². The Morgan fingerprint density at radius 1 is 0.971 bits per heavy atom. The summed E-state index contributed by atoms with van der Waals surface area (Å²) in [5, 5.41) is 5.42. The van der Waals surface area contributed by atoms with Crippen LogP contribution >= 0.6 is 0 Å². The SMILES string of the molecule is O=C(Nc1cnc2nc(-c3cc(NC(=O)N4CCCC4)ccc3F)cn2c1)Oc1ccccc1. The summed E-state index contributed by atoms with van der Waals surface area (Å²) in [7, 11) is 0. The maximum Gasteiger partial charge on any atom is 0.417 e. The van der Waals surface area contributed by atoms with Crippen LogP contribution in [0.15, 0.2) is 67.1 Å². The van der Waals surface area contributed by atoms with Crippen LogP contribution in [-0.2, 0) is 0 Å². The number of amides is 3. The van der Waals surface area contributed by atoms with E-state index in [0.717, 1.165) is 12.8 Å². The summed E-state index contributed by atoms with van der Waals surface area (Å²) in [6.07, 6.45) is 5.93. The van der Waals surface area contributed by atoms with Crippen molar-refractivity contribution in [2.45, 2.75) is 12.8 Å². The first-order valence-corrected chi connectivity index (χ1v) is 10.8. The van der Waals surface area contributed by atoms with Crippen molar-refractivity contribution in [2.24, 2.45) is 0 Å². The van der Waals surface area contributed by atoms with E-state index < -0.39 is 11.9 Å². The molecule has 0 saturated carbocycles. The Morgan fingerprint density at radius 3 is 2.56 bits per heavy atom. The highest BCUT2D eigenvalue weighted by Crippen LogP contribution is 2.26. The average Bonchev–Trinajstić information content (AvgIpc) is 3.51. The number of rotatable bonds is 4. The maximum atomic E-state index is 14.6. The first-order chi connectivity index (χ1) is 16.5. The molecule has 1 aliphatic heterocycles. The summed E-state index contributed by atoms with van der Waals surface area (Å²) in [5.74, 6) is 0.251. The van der Waals surface area contributed by atoms with Crippen molar-refractivity contribution in [3.8, 4) is 17.0 Å². The molecule has 1 aliphatic rings. The minimum Gasteiger partial charge on any atom is -0.410 e. The second-order valence-electron chi connectivity index (χ2n) is 7.82. The van der Waals surface area contributed by atoms with Crippen molar-refractivity contribution >= 4 is 29.3 Å². The molecule has 2 N–H and O–H groups in total. The van der Waals surface area contributed by atoms with Crippen LogP contribution in [0.4, 0.5) is 25.4 Å². The van der Waals surface area contributed by atoms with Crippen LogP contribution in [0.3, 0.4) is 0 Å². The number of nitrogens with one attached hydrogen (secondary N) is 2. The third-order valence-electron chi connectivity index (χ3n) is 5.40. The van der Waals surface area contributed by atoms with E-state index in [1.807, 2.05) is 6.07 Å². The zero-order chi connectivity index (χ0) is 23.5. The molecule has 3 amide bonds. The van der Waals surface area contributed by atoms with Gasteiger partial charge in [-0.05, 0) is 43.2 Å². The first-order valence-electron chi connectivity index (χ1n) is 10.8. The molecule has 172 valence electrons. The van der Waals surface area contributed by atoms with Crippen LogP contribution in [0.5, 0.6) is 5.75 Å². The number of hydrogen-bond donors (Lipinski definition) is 2. The van der Waals surface area contributed by atoms with Crippen molar-refractivity contribution in [1.82, 2.24) is 19.3 Å². The summed E-state index contributed by atoms with van der Waals surface area (Å²) >= 11 is 0. The number of benzene rings is 2. The van der Waals surface area contributed by atoms with Gasteiger partial charge < -0.3 is 15.0 Å². The fourth-order valence-electron chi connectivity index (χ4n) is 3.74. The zero-order valence-corrected chi connectivity index (χ0v) is 18.1. The van der Waals surface area contributed by atoms with Crippen LogP contribution in [0.2, 0.25) is 0 Å². The summed E-state index contributed by atoms with van der Waals surface area (Å²) in [5.41, 5.74) is 1.42. The molecule has 1 saturated heterocycles. The van der Waals surface area contributed by atoms with Crippen molar-refractivity contribution in [3.63, 3.8) is 0 Å². The predicted molar refractivity (Wildman–Crippen MR) is 124 cm³/mol. The number of aromatic nitrogens is 3. The van der Waals surface area contributed by atoms with Gasteiger partial charge in [0, 0.05) is 36.7 Å². The molecule has 4 aromatic rings. The Kier molecular flexibility index (Phi) is 5.77. The lowest BCUT2D eigenvalue weighted by atomic mass is 10.1. The van der Waals surface area contributed by atoms with Gasteiger partial charge >= 0.3 is 12.1 Å². The second kappa shape index (κ2) is 9.18. The molecule has 5 rings (SSSR count). The number of hydrogen-bond acceptors (Lipinski definition) is 5. The lowest BCUT2D eigenvalue weighted by Gasteiger charge is -2.16. The number of imidazole rings is 1. The van der Waals surface area contributed by atoms with Gasteiger partial charge in [0.25, 0.3) is 0 Å². The lowest BCUT2D eigenvalue weighted by molar-refractivity contribution is 0.215. The van der Waals surface area contributed by atoms with E-state index in [1.165, 1.54) is 18.3 Å². The van der Waals surface area contributed by atoms with E-state index in [2.05, 4.69) is 20.6 Å². The molecule has 2 aromatic heterocycles. The number of fused-ring (bicyclic) bond motifs is 1. The maximum absolute atomic E-state index is 14.6. The fraction of sp³-hybridized carbons (Fsp3) is 0.167. The number of anilines is 2. The molecule has 0 radical (unpaired) electrons. The molecule has 10 heteroatoms. The van der Waals surface area contributed by atoms with Gasteiger partial charge in [-0.25, -0.2) is 23.9 Å². The third-order valence-corrected chi connectivity index (χ3v) is 5.40. The standard InChI is InChI=1S/C24H21FN6O3/c25-20-9-8-16(27-23(32)30-10-4-5-11-30)12-19(20)21-15-31-14-17(13-26-22(31)29-21)28-24(33)34-18-6-2-1-3-7-18/h1-3,6-9,12-15H,4-5,10-11H2,(H,27,32)(H,28,33). The highest BCUT2D eigenvalue weighted by molar-refractivity contribution is 5.90. The second-order valence-corrected chi connectivity index (χ2v) is 7.82. The van der Waals surface area contributed by atoms with Crippen LogP contribution < -0.4 is 15.4 Å². The molecule has 2 aromatic carbocycles. The molecule has 0 bridgehead atoms. The van der Waals surface area contributed by atoms with Crippen LogP contribution in [0, 0.1) is 5.82 Å². The van der Waals surface area contributed by atoms with Gasteiger partial charge in [0.05, 0.1) is 17.6 Å². The molecule has 0 spiro atoms. The predicted octanol–water partition coefficient (Wildman–Crippen LogP) is 4.77. The van der Waals surface area contributed by atoms with Gasteiger partial charge in [0.15, 0.2) is 0 Å². The van der Waals surface area contributed by atoms with E-state index in [0.29, 0.717) is 41.7 Å². The molecule has 0 atom stereocenters. The third kappa shape index (κ3) is 4.65. The van der Waals surface area contributed by atoms with Gasteiger partial charge in [0.1, 0.15) is 11.6 Å². The number of likely N-dealkylation sites (tertiary alicyclic amines) is 1. The van der Waals surface area contributed by atoms with E-state index in [-0.39, 0.29) is 11.6 Å². The largest absolute Gasteiger partial charge is 0.417 e. The minimum absolute atomic E-state index is 0.204. The molecule has 3 heterocycles. The number of para-hydroxylation sites is 1. The van der Waals surface area contributed by atoms with Gasteiger partial charge in [-0.1, -0.05) is 18.2 Å². The Hall–Kier alpha value is -4.47. The van der Waals surface area contributed by atoms with Crippen LogP contribution in [0.25, 0.3) is 17.0 Å². The van der Waals surface area contributed by atoms with Gasteiger partial charge in [-0.15, -0.1) is 0 Å². The van der Waals surface area contributed by atoms with Crippen molar-refractivity contribution in [2.75, 3.05) is 23.7 Å². The number of halogens is 1. The Balaban J connectivity index is 1.34. The number of nitrogens with zero attached hydrogens (tertiary/aromatic N) is 4. The number of carbonyl (C=O) groups excluding carboxylic acids is 2. The minimum atomic E-state index is -0.667. The van der Waals surface area contributed by atoms with Crippen molar-refractivity contribution in [1.29, 1.82) is 0 Å². The molecular formula is C24H21FN6O3. The number of ether oxygens (including phenoxy) is 1. The summed E-state index contributed by atoms with van der Waals surface area (Å²) in [6.45, 7) is 1.43. The van der Waals surface area contributed by atoms with Gasteiger partial charge in [0.2, 0.25) is 5.78 Å².